The van der Waals surface area contributed by atoms with E-state index in [0.717, 1.165) is 22.4 Å². The molecule has 0 spiro atoms. The zero-order valence-electron chi connectivity index (χ0n) is 18.8. The van der Waals surface area contributed by atoms with Gasteiger partial charge in [0.2, 0.25) is 5.95 Å². The zero-order valence-corrected chi connectivity index (χ0v) is 18.8. The molecule has 2 N–H and O–H groups in total. The molecule has 0 saturated heterocycles. The molecule has 166 valence electrons. The molecule has 1 aromatic heterocycles. The molecule has 0 aliphatic carbocycles. The van der Waals surface area contributed by atoms with Crippen molar-refractivity contribution in [2.45, 2.75) is 33.7 Å². The number of hydrogen-bond acceptors (Lipinski definition) is 7. The number of tetrazole rings is 1. The highest BCUT2D eigenvalue weighted by Crippen LogP contribution is 2.38. The van der Waals surface area contributed by atoms with Crippen LogP contribution >= 0.6 is 0 Å². The Bertz CT molecular complexity index is 1200. The highest BCUT2D eigenvalue weighted by atomic mass is 16.5. The van der Waals surface area contributed by atoms with Gasteiger partial charge in [-0.15, -0.1) is 0 Å². The van der Waals surface area contributed by atoms with Crippen LogP contribution in [-0.2, 0) is 4.79 Å². The highest BCUT2D eigenvalue weighted by molar-refractivity contribution is 6.06. The summed E-state index contributed by atoms with van der Waals surface area (Å²) in [5.74, 6) is 1.43. The summed E-state index contributed by atoms with van der Waals surface area (Å²) in [7, 11) is 1.58. The number of amides is 1. The molecule has 32 heavy (non-hydrogen) atoms. The number of nitrogens with zero attached hydrogens (tertiary/aromatic N) is 4. The van der Waals surface area contributed by atoms with Crippen LogP contribution in [0.5, 0.6) is 11.5 Å². The highest BCUT2D eigenvalue weighted by Gasteiger charge is 2.34. The molecule has 9 nitrogen and oxygen atoms in total. The van der Waals surface area contributed by atoms with Crippen molar-refractivity contribution < 1.29 is 14.3 Å². The van der Waals surface area contributed by atoms with Crippen molar-refractivity contribution in [3.05, 3.63) is 64.4 Å². The van der Waals surface area contributed by atoms with Crippen molar-refractivity contribution in [1.29, 1.82) is 0 Å². The Kier molecular flexibility index (Phi) is 5.81. The molecule has 1 aliphatic rings. The molecule has 9 heteroatoms. The van der Waals surface area contributed by atoms with Crippen LogP contribution in [0.15, 0.2) is 47.7 Å². The lowest BCUT2D eigenvalue weighted by atomic mass is 9.94. The number of nitrogens with one attached hydrogen (secondary N) is 2. The average molecular weight is 435 g/mol. The van der Waals surface area contributed by atoms with Crippen LogP contribution in [0, 0.1) is 13.8 Å². The summed E-state index contributed by atoms with van der Waals surface area (Å²) >= 11 is 0. The van der Waals surface area contributed by atoms with Gasteiger partial charge in [0.05, 0.1) is 19.3 Å². The number of anilines is 2. The fraction of sp³-hybridized carbons (Fsp3) is 0.304. The second-order valence-electron chi connectivity index (χ2n) is 7.63. The van der Waals surface area contributed by atoms with E-state index in [2.05, 4.69) is 26.2 Å². The lowest BCUT2D eigenvalue weighted by molar-refractivity contribution is -0.113. The summed E-state index contributed by atoms with van der Waals surface area (Å²) in [4.78, 5) is 13.5. The van der Waals surface area contributed by atoms with Crippen LogP contribution in [-0.4, -0.2) is 39.8 Å². The predicted molar refractivity (Wildman–Crippen MR) is 121 cm³/mol. The van der Waals surface area contributed by atoms with E-state index >= 15 is 0 Å². The fourth-order valence-electron chi connectivity index (χ4n) is 3.89. The van der Waals surface area contributed by atoms with E-state index in [-0.39, 0.29) is 5.91 Å². The van der Waals surface area contributed by atoms with Crippen LogP contribution in [0.1, 0.15) is 36.6 Å². The first kappa shape index (κ1) is 21.4. The first-order chi connectivity index (χ1) is 15.4. The Balaban J connectivity index is 1.77. The lowest BCUT2D eigenvalue weighted by Gasteiger charge is -2.28. The number of fused-ring (bicyclic) bond motifs is 1. The Morgan fingerprint density at radius 1 is 1.16 bits per heavy atom. The third-order valence-electron chi connectivity index (χ3n) is 5.39. The normalized spacial score (nSPS) is 15.1. The number of ether oxygens (including phenoxy) is 2. The molecule has 1 aliphatic heterocycles. The minimum atomic E-state index is -0.545. The van der Waals surface area contributed by atoms with E-state index in [1.807, 2.05) is 64.1 Å². The Morgan fingerprint density at radius 3 is 2.69 bits per heavy atom. The molecular formula is C23H26N6O3. The minimum absolute atomic E-state index is 0.235. The molecule has 2 heterocycles. The first-order valence-corrected chi connectivity index (χ1v) is 10.4. The number of hydrogen-bond donors (Lipinski definition) is 2. The summed E-state index contributed by atoms with van der Waals surface area (Å²) < 4.78 is 12.8. The Labute approximate surface area is 186 Å². The number of allylic oxidation sites excluding steroid dienone is 1. The first-order valence-electron chi connectivity index (χ1n) is 10.4. The van der Waals surface area contributed by atoms with Gasteiger partial charge in [0.1, 0.15) is 6.04 Å². The van der Waals surface area contributed by atoms with Crippen LogP contribution in [0.25, 0.3) is 0 Å². The Hall–Kier alpha value is -3.88. The molecule has 1 amide bonds. The predicted octanol–water partition coefficient (Wildman–Crippen LogP) is 3.62. The van der Waals surface area contributed by atoms with E-state index in [1.54, 1.807) is 11.8 Å². The standard InChI is InChI=1S/C23H26N6O3/c1-6-32-18-10-8-16(12-19(18)31-5)21-20(15(4)24-23-26-27-28-29(21)23)22(30)25-17-9-7-13(2)11-14(17)3/h7-12,21H,6H2,1-5H3,(H,25,30)(H,24,26,28)/t21-/m0/s1. The van der Waals surface area contributed by atoms with Gasteiger partial charge in [0.25, 0.3) is 5.91 Å². The topological polar surface area (TPSA) is 103 Å². The van der Waals surface area contributed by atoms with E-state index < -0.39 is 6.04 Å². The summed E-state index contributed by atoms with van der Waals surface area (Å²) in [5.41, 5.74) is 4.86. The van der Waals surface area contributed by atoms with Crippen molar-refractivity contribution in [2.24, 2.45) is 0 Å². The number of rotatable bonds is 6. The smallest absolute Gasteiger partial charge is 0.255 e. The van der Waals surface area contributed by atoms with Gasteiger partial charge in [-0.25, -0.2) is 0 Å². The van der Waals surface area contributed by atoms with E-state index in [9.17, 15) is 4.79 Å². The molecular weight excluding hydrogens is 408 g/mol. The van der Waals surface area contributed by atoms with Gasteiger partial charge in [0.15, 0.2) is 11.5 Å². The van der Waals surface area contributed by atoms with Gasteiger partial charge >= 0.3 is 0 Å². The molecule has 4 rings (SSSR count). The van der Waals surface area contributed by atoms with Crippen LogP contribution in [0.2, 0.25) is 0 Å². The molecule has 0 saturated carbocycles. The number of carbonyl (C=O) groups is 1. The summed E-state index contributed by atoms with van der Waals surface area (Å²) in [5, 5.41) is 18.1. The number of carbonyl (C=O) groups excluding carboxylic acids is 1. The molecule has 3 aromatic rings. The van der Waals surface area contributed by atoms with Crippen LogP contribution < -0.4 is 20.1 Å². The van der Waals surface area contributed by atoms with Crippen molar-refractivity contribution in [3.8, 4) is 11.5 Å². The number of aromatic nitrogens is 4. The molecule has 1 atom stereocenters. The summed E-state index contributed by atoms with van der Waals surface area (Å²) in [6.45, 7) is 8.26. The molecule has 0 unspecified atom stereocenters. The van der Waals surface area contributed by atoms with Crippen molar-refractivity contribution >= 4 is 17.5 Å². The average Bonchev–Trinajstić information content (AvgIpc) is 3.23. The molecule has 0 bridgehead atoms. The van der Waals surface area contributed by atoms with Crippen molar-refractivity contribution in [3.63, 3.8) is 0 Å². The van der Waals surface area contributed by atoms with Crippen LogP contribution in [0.4, 0.5) is 11.6 Å². The van der Waals surface area contributed by atoms with Crippen molar-refractivity contribution in [2.75, 3.05) is 24.4 Å². The summed E-state index contributed by atoms with van der Waals surface area (Å²) in [6, 6.07) is 10.9. The number of benzene rings is 2. The minimum Gasteiger partial charge on any atom is -0.493 e. The third kappa shape index (κ3) is 3.89. The fourth-order valence-corrected chi connectivity index (χ4v) is 3.89. The SMILES string of the molecule is CCOc1ccc([C@H]2C(C(=O)Nc3ccc(C)cc3C)=C(C)Nc3nnnn32)cc1OC. The lowest BCUT2D eigenvalue weighted by Crippen LogP contribution is -2.31. The monoisotopic (exact) mass is 434 g/mol. The van der Waals surface area contributed by atoms with Gasteiger partial charge in [-0.1, -0.05) is 28.9 Å². The second kappa shape index (κ2) is 8.70. The molecule has 0 fully saturated rings. The number of aryl methyl sites for hydroxylation is 2. The quantitative estimate of drug-likeness (QED) is 0.611. The van der Waals surface area contributed by atoms with Gasteiger partial charge in [-0.3, -0.25) is 4.79 Å². The van der Waals surface area contributed by atoms with Gasteiger partial charge in [-0.05, 0) is 67.4 Å². The van der Waals surface area contributed by atoms with Gasteiger partial charge in [-0.2, -0.15) is 4.68 Å². The maximum Gasteiger partial charge on any atom is 0.255 e. The van der Waals surface area contributed by atoms with Crippen LogP contribution in [0.3, 0.4) is 0 Å². The largest absolute Gasteiger partial charge is 0.493 e. The van der Waals surface area contributed by atoms with Gasteiger partial charge < -0.3 is 20.1 Å². The zero-order chi connectivity index (χ0) is 22.8. The van der Waals surface area contributed by atoms with Crippen molar-refractivity contribution in [1.82, 2.24) is 20.2 Å². The molecule has 2 aromatic carbocycles. The van der Waals surface area contributed by atoms with E-state index in [0.29, 0.717) is 35.3 Å². The number of methoxy groups -OCH3 is 1. The maximum atomic E-state index is 13.5. The van der Waals surface area contributed by atoms with E-state index in [1.165, 1.54) is 0 Å². The molecule has 0 radical (unpaired) electrons. The van der Waals surface area contributed by atoms with E-state index in [4.69, 9.17) is 9.47 Å². The summed E-state index contributed by atoms with van der Waals surface area (Å²) in [6.07, 6.45) is 0. The van der Waals surface area contributed by atoms with Gasteiger partial charge in [0, 0.05) is 11.4 Å². The maximum absolute atomic E-state index is 13.5. The third-order valence-corrected chi connectivity index (χ3v) is 5.39. The second-order valence-corrected chi connectivity index (χ2v) is 7.63. The Morgan fingerprint density at radius 2 is 1.97 bits per heavy atom.